The van der Waals surface area contributed by atoms with Crippen LogP contribution in [-0.4, -0.2) is 53.7 Å². The second kappa shape index (κ2) is 6.58. The van der Waals surface area contributed by atoms with Crippen molar-refractivity contribution in [3.05, 3.63) is 11.9 Å². The van der Waals surface area contributed by atoms with Crippen LogP contribution in [0.2, 0.25) is 0 Å². The maximum Gasteiger partial charge on any atom is 0.158 e. The fourth-order valence-corrected chi connectivity index (χ4v) is 2.92. The third-order valence-electron chi connectivity index (χ3n) is 4.04. The van der Waals surface area contributed by atoms with Gasteiger partial charge in [0.2, 0.25) is 0 Å². The topological polar surface area (TPSA) is 62.3 Å². The average molecular weight is 291 g/mol. The normalized spacial score (nSPS) is 22.5. The zero-order chi connectivity index (χ0) is 14.7. The van der Waals surface area contributed by atoms with Crippen molar-refractivity contribution in [3.8, 4) is 0 Å². The van der Waals surface area contributed by atoms with Crippen molar-refractivity contribution < 1.29 is 4.74 Å². The first-order valence-electron chi connectivity index (χ1n) is 7.90. The molecular formula is C15H25N5O. The van der Waals surface area contributed by atoms with Crippen LogP contribution in [0.5, 0.6) is 0 Å². The van der Waals surface area contributed by atoms with E-state index in [1.807, 2.05) is 6.07 Å². The molecule has 2 N–H and O–H groups in total. The predicted molar refractivity (Wildman–Crippen MR) is 83.5 cm³/mol. The SMILES string of the molecule is CCNc1cc(NC2CCN(C3CC3)C2)nc(COC)n1. The van der Waals surface area contributed by atoms with Crippen LogP contribution in [0.3, 0.4) is 0 Å². The second-order valence-corrected chi connectivity index (χ2v) is 5.87. The van der Waals surface area contributed by atoms with Crippen molar-refractivity contribution in [2.75, 3.05) is 37.4 Å². The van der Waals surface area contributed by atoms with Gasteiger partial charge < -0.3 is 15.4 Å². The Morgan fingerprint density at radius 3 is 2.81 bits per heavy atom. The Morgan fingerprint density at radius 2 is 2.10 bits per heavy atom. The number of likely N-dealkylation sites (tertiary alicyclic amines) is 1. The van der Waals surface area contributed by atoms with Gasteiger partial charge in [-0.15, -0.1) is 0 Å². The van der Waals surface area contributed by atoms with Crippen LogP contribution >= 0.6 is 0 Å². The maximum atomic E-state index is 5.15. The first kappa shape index (κ1) is 14.5. The Labute approximate surface area is 126 Å². The lowest BCUT2D eigenvalue weighted by Gasteiger charge is -2.17. The van der Waals surface area contributed by atoms with E-state index in [1.165, 1.54) is 25.8 Å². The minimum absolute atomic E-state index is 0.437. The number of aromatic nitrogens is 2. The van der Waals surface area contributed by atoms with Gasteiger partial charge in [-0.25, -0.2) is 9.97 Å². The van der Waals surface area contributed by atoms with E-state index in [4.69, 9.17) is 4.74 Å². The van der Waals surface area contributed by atoms with E-state index < -0.39 is 0 Å². The molecule has 1 aromatic rings. The second-order valence-electron chi connectivity index (χ2n) is 5.87. The van der Waals surface area contributed by atoms with Crippen LogP contribution in [0, 0.1) is 0 Å². The number of methoxy groups -OCH3 is 1. The Hall–Kier alpha value is -1.40. The van der Waals surface area contributed by atoms with Gasteiger partial charge in [0.05, 0.1) is 0 Å². The highest BCUT2D eigenvalue weighted by atomic mass is 16.5. The quantitative estimate of drug-likeness (QED) is 0.797. The van der Waals surface area contributed by atoms with Crippen molar-refractivity contribution in [3.63, 3.8) is 0 Å². The van der Waals surface area contributed by atoms with Crippen molar-refractivity contribution >= 4 is 11.6 Å². The Bertz CT molecular complexity index is 453. The van der Waals surface area contributed by atoms with Gasteiger partial charge in [-0.05, 0) is 26.2 Å². The summed E-state index contributed by atoms with van der Waals surface area (Å²) in [6, 6.07) is 3.33. The molecule has 6 nitrogen and oxygen atoms in total. The van der Waals surface area contributed by atoms with Gasteiger partial charge in [0.15, 0.2) is 5.82 Å². The molecule has 1 aliphatic heterocycles. The third kappa shape index (κ3) is 3.83. The summed E-state index contributed by atoms with van der Waals surface area (Å²) < 4.78 is 5.15. The minimum atomic E-state index is 0.437. The zero-order valence-corrected chi connectivity index (χ0v) is 12.9. The average Bonchev–Trinajstić information content (AvgIpc) is 3.20. The first-order chi connectivity index (χ1) is 10.3. The van der Waals surface area contributed by atoms with E-state index in [0.717, 1.165) is 36.6 Å². The molecule has 1 saturated carbocycles. The molecule has 0 aromatic carbocycles. The molecule has 0 amide bonds. The molecule has 0 radical (unpaired) electrons. The van der Waals surface area contributed by atoms with Crippen LogP contribution in [0.1, 0.15) is 32.0 Å². The van der Waals surface area contributed by atoms with E-state index in [2.05, 4.69) is 32.4 Å². The van der Waals surface area contributed by atoms with Crippen molar-refractivity contribution in [1.82, 2.24) is 14.9 Å². The monoisotopic (exact) mass is 291 g/mol. The number of nitrogens with zero attached hydrogens (tertiary/aromatic N) is 3. The van der Waals surface area contributed by atoms with E-state index in [0.29, 0.717) is 12.6 Å². The van der Waals surface area contributed by atoms with Gasteiger partial charge >= 0.3 is 0 Å². The number of ether oxygens (including phenoxy) is 1. The van der Waals surface area contributed by atoms with Gasteiger partial charge in [-0.2, -0.15) is 0 Å². The molecule has 116 valence electrons. The molecule has 1 atom stereocenters. The van der Waals surface area contributed by atoms with Crippen molar-refractivity contribution in [2.24, 2.45) is 0 Å². The smallest absolute Gasteiger partial charge is 0.158 e. The Balaban J connectivity index is 1.65. The summed E-state index contributed by atoms with van der Waals surface area (Å²) in [4.78, 5) is 11.6. The van der Waals surface area contributed by atoms with Gasteiger partial charge in [0, 0.05) is 44.9 Å². The predicted octanol–water partition coefficient (Wildman–Crippen LogP) is 1.70. The highest BCUT2D eigenvalue weighted by molar-refractivity contribution is 5.48. The molecular weight excluding hydrogens is 266 g/mol. The summed E-state index contributed by atoms with van der Waals surface area (Å²) >= 11 is 0. The summed E-state index contributed by atoms with van der Waals surface area (Å²) in [6.45, 7) is 5.69. The molecule has 6 heteroatoms. The molecule has 1 unspecified atom stereocenters. The van der Waals surface area contributed by atoms with Crippen LogP contribution < -0.4 is 10.6 Å². The number of hydrogen-bond acceptors (Lipinski definition) is 6. The lowest BCUT2D eigenvalue weighted by atomic mass is 10.2. The van der Waals surface area contributed by atoms with Crippen molar-refractivity contribution in [1.29, 1.82) is 0 Å². The number of anilines is 2. The molecule has 1 aromatic heterocycles. The summed E-state index contributed by atoms with van der Waals surface area (Å²) in [5.74, 6) is 2.48. The number of hydrogen-bond donors (Lipinski definition) is 2. The van der Waals surface area contributed by atoms with Crippen LogP contribution in [0.4, 0.5) is 11.6 Å². The van der Waals surface area contributed by atoms with Crippen LogP contribution in [0.25, 0.3) is 0 Å². The van der Waals surface area contributed by atoms with E-state index in [-0.39, 0.29) is 0 Å². The van der Waals surface area contributed by atoms with E-state index in [9.17, 15) is 0 Å². The van der Waals surface area contributed by atoms with Gasteiger partial charge in [0.1, 0.15) is 18.2 Å². The zero-order valence-electron chi connectivity index (χ0n) is 12.9. The summed E-state index contributed by atoms with van der Waals surface area (Å²) in [7, 11) is 1.67. The van der Waals surface area contributed by atoms with E-state index >= 15 is 0 Å². The third-order valence-corrected chi connectivity index (χ3v) is 4.04. The molecule has 2 fully saturated rings. The Kier molecular flexibility index (Phi) is 4.55. The highest BCUT2D eigenvalue weighted by Gasteiger charge is 2.34. The molecule has 2 heterocycles. The minimum Gasteiger partial charge on any atom is -0.377 e. The molecule has 1 aliphatic carbocycles. The largest absolute Gasteiger partial charge is 0.377 e. The highest BCUT2D eigenvalue weighted by Crippen LogP contribution is 2.30. The fraction of sp³-hybridized carbons (Fsp3) is 0.733. The Morgan fingerprint density at radius 1 is 1.29 bits per heavy atom. The molecule has 0 spiro atoms. The molecule has 0 bridgehead atoms. The molecule has 3 rings (SSSR count). The lowest BCUT2D eigenvalue weighted by Crippen LogP contribution is -2.28. The van der Waals surface area contributed by atoms with Gasteiger partial charge in [0.25, 0.3) is 0 Å². The maximum absolute atomic E-state index is 5.15. The number of nitrogens with one attached hydrogen (secondary N) is 2. The molecule has 21 heavy (non-hydrogen) atoms. The van der Waals surface area contributed by atoms with Crippen molar-refractivity contribution in [2.45, 2.75) is 44.9 Å². The molecule has 2 aliphatic rings. The fourth-order valence-electron chi connectivity index (χ4n) is 2.92. The summed E-state index contributed by atoms with van der Waals surface area (Å²) in [5.41, 5.74) is 0. The van der Waals surface area contributed by atoms with Crippen LogP contribution in [0.15, 0.2) is 6.07 Å². The van der Waals surface area contributed by atoms with Gasteiger partial charge in [-0.1, -0.05) is 0 Å². The lowest BCUT2D eigenvalue weighted by molar-refractivity contribution is 0.178. The summed E-state index contributed by atoms with van der Waals surface area (Å²) in [6.07, 6.45) is 3.95. The van der Waals surface area contributed by atoms with Gasteiger partial charge in [-0.3, -0.25) is 4.90 Å². The van der Waals surface area contributed by atoms with E-state index in [1.54, 1.807) is 7.11 Å². The standard InChI is InChI=1S/C15H25N5O/c1-3-16-13-8-14(19-15(18-13)10-21-2)17-11-6-7-20(9-11)12-4-5-12/h8,11-12H,3-7,9-10H2,1-2H3,(H2,16,17,18,19). The first-order valence-corrected chi connectivity index (χ1v) is 7.90. The number of rotatable bonds is 7. The van der Waals surface area contributed by atoms with Crippen LogP contribution in [-0.2, 0) is 11.3 Å². The summed E-state index contributed by atoms with van der Waals surface area (Å²) in [5, 5.41) is 6.81. The molecule has 1 saturated heterocycles.